The summed E-state index contributed by atoms with van der Waals surface area (Å²) in [6.45, 7) is 4.84. The lowest BCUT2D eigenvalue weighted by molar-refractivity contribution is 0.0161. The van der Waals surface area contributed by atoms with Crippen molar-refractivity contribution in [3.05, 3.63) is 59.7 Å². The zero-order chi connectivity index (χ0) is 19.9. The quantitative estimate of drug-likeness (QED) is 0.530. The van der Waals surface area contributed by atoms with Crippen molar-refractivity contribution in [1.29, 1.82) is 0 Å². The summed E-state index contributed by atoms with van der Waals surface area (Å²) in [5.41, 5.74) is 0.809. The number of hydrogen-bond acceptors (Lipinski definition) is 6. The third-order valence-corrected chi connectivity index (χ3v) is 4.19. The number of esters is 2. The fourth-order valence-corrected chi connectivity index (χ4v) is 2.79. The molecule has 28 heavy (non-hydrogen) atoms. The molecule has 0 N–H and O–H groups in total. The highest BCUT2D eigenvalue weighted by Crippen LogP contribution is 2.18. The molecular formula is C22H24O6. The molecule has 0 aliphatic carbocycles. The highest BCUT2D eigenvalue weighted by atomic mass is 16.6. The Morgan fingerprint density at radius 3 is 2.14 bits per heavy atom. The van der Waals surface area contributed by atoms with Gasteiger partial charge in [0.2, 0.25) is 0 Å². The number of hydrogen-bond donors (Lipinski definition) is 0. The van der Waals surface area contributed by atoms with Gasteiger partial charge in [0.25, 0.3) is 0 Å². The van der Waals surface area contributed by atoms with E-state index in [1.807, 2.05) is 13.8 Å². The minimum absolute atomic E-state index is 0.0125. The van der Waals surface area contributed by atoms with Crippen molar-refractivity contribution < 1.29 is 28.5 Å². The van der Waals surface area contributed by atoms with E-state index in [4.69, 9.17) is 18.9 Å². The van der Waals surface area contributed by atoms with E-state index in [-0.39, 0.29) is 18.8 Å². The molecule has 3 rings (SSSR count). The molecule has 1 saturated heterocycles. The van der Waals surface area contributed by atoms with Gasteiger partial charge < -0.3 is 18.9 Å². The monoisotopic (exact) mass is 384 g/mol. The summed E-state index contributed by atoms with van der Waals surface area (Å²) in [6, 6.07) is 13.0. The minimum atomic E-state index is -0.482. The van der Waals surface area contributed by atoms with Gasteiger partial charge in [-0.3, -0.25) is 0 Å². The predicted molar refractivity (Wildman–Crippen MR) is 103 cm³/mol. The first-order chi connectivity index (χ1) is 13.5. The Hall–Kier alpha value is -2.86. The summed E-state index contributed by atoms with van der Waals surface area (Å²) in [4.78, 5) is 24.3. The van der Waals surface area contributed by atoms with Crippen molar-refractivity contribution in [2.75, 3.05) is 13.2 Å². The molecule has 0 aromatic heterocycles. The number of benzene rings is 2. The fraction of sp³-hybridized carbons (Fsp3) is 0.364. The second-order valence-electron chi connectivity index (χ2n) is 6.84. The SMILES string of the molecule is CC(C)Oc1ccc(C(=O)Oc2ccc(C(=O)OCC3CCCO3)cc2)cc1. The average Bonchev–Trinajstić information content (AvgIpc) is 3.20. The third-order valence-electron chi connectivity index (χ3n) is 4.19. The Balaban J connectivity index is 1.52. The zero-order valence-electron chi connectivity index (χ0n) is 16.1. The third kappa shape index (κ3) is 5.57. The average molecular weight is 384 g/mol. The molecule has 148 valence electrons. The van der Waals surface area contributed by atoms with E-state index in [0.29, 0.717) is 22.6 Å². The fourth-order valence-electron chi connectivity index (χ4n) is 2.79. The van der Waals surface area contributed by atoms with Crippen LogP contribution in [0, 0.1) is 0 Å². The van der Waals surface area contributed by atoms with Gasteiger partial charge >= 0.3 is 11.9 Å². The molecular weight excluding hydrogens is 360 g/mol. The minimum Gasteiger partial charge on any atom is -0.491 e. The van der Waals surface area contributed by atoms with Crippen LogP contribution in [-0.4, -0.2) is 37.4 Å². The van der Waals surface area contributed by atoms with Gasteiger partial charge in [-0.15, -0.1) is 0 Å². The van der Waals surface area contributed by atoms with Crippen LogP contribution in [0.4, 0.5) is 0 Å². The second kappa shape index (κ2) is 9.37. The van der Waals surface area contributed by atoms with E-state index in [1.54, 1.807) is 48.5 Å². The van der Waals surface area contributed by atoms with Gasteiger partial charge in [0.15, 0.2) is 0 Å². The molecule has 2 aromatic carbocycles. The van der Waals surface area contributed by atoms with E-state index >= 15 is 0 Å². The second-order valence-corrected chi connectivity index (χ2v) is 6.84. The zero-order valence-corrected chi connectivity index (χ0v) is 16.1. The van der Waals surface area contributed by atoms with Gasteiger partial charge in [0, 0.05) is 6.61 Å². The summed E-state index contributed by atoms with van der Waals surface area (Å²) >= 11 is 0. The van der Waals surface area contributed by atoms with E-state index in [1.165, 1.54) is 0 Å². The lowest BCUT2D eigenvalue weighted by atomic mass is 10.2. The maximum absolute atomic E-state index is 12.2. The number of rotatable bonds is 7. The first-order valence-corrected chi connectivity index (χ1v) is 9.39. The molecule has 1 fully saturated rings. The molecule has 0 bridgehead atoms. The maximum Gasteiger partial charge on any atom is 0.343 e. The normalized spacial score (nSPS) is 16.0. The molecule has 6 heteroatoms. The highest BCUT2D eigenvalue weighted by molar-refractivity contribution is 5.92. The number of carbonyl (C=O) groups excluding carboxylic acids is 2. The van der Waals surface area contributed by atoms with Crippen molar-refractivity contribution in [1.82, 2.24) is 0 Å². The van der Waals surface area contributed by atoms with E-state index < -0.39 is 11.9 Å². The van der Waals surface area contributed by atoms with Gasteiger partial charge in [0.1, 0.15) is 18.1 Å². The topological polar surface area (TPSA) is 71.1 Å². The largest absolute Gasteiger partial charge is 0.491 e. The van der Waals surface area contributed by atoms with Crippen LogP contribution < -0.4 is 9.47 Å². The van der Waals surface area contributed by atoms with Crippen LogP contribution >= 0.6 is 0 Å². The molecule has 2 aromatic rings. The number of carbonyl (C=O) groups is 2. The van der Waals surface area contributed by atoms with Crippen molar-refractivity contribution in [3.63, 3.8) is 0 Å². The van der Waals surface area contributed by atoms with E-state index in [0.717, 1.165) is 19.4 Å². The first kappa shape index (κ1) is 19.9. The summed E-state index contributed by atoms with van der Waals surface area (Å²) in [7, 11) is 0. The van der Waals surface area contributed by atoms with Crippen LogP contribution in [0.25, 0.3) is 0 Å². The lowest BCUT2D eigenvalue weighted by Crippen LogP contribution is -2.17. The number of ether oxygens (including phenoxy) is 4. The Bertz CT molecular complexity index is 789. The lowest BCUT2D eigenvalue weighted by Gasteiger charge is -2.11. The summed E-state index contributed by atoms with van der Waals surface area (Å²) in [5.74, 6) is 0.138. The van der Waals surface area contributed by atoms with Gasteiger partial charge in [-0.05, 0) is 75.2 Å². The smallest absolute Gasteiger partial charge is 0.343 e. The van der Waals surface area contributed by atoms with Crippen LogP contribution in [0.15, 0.2) is 48.5 Å². The molecule has 0 radical (unpaired) electrons. The highest BCUT2D eigenvalue weighted by Gasteiger charge is 2.18. The maximum atomic E-state index is 12.2. The molecule has 1 aliphatic rings. The molecule has 1 unspecified atom stereocenters. The predicted octanol–water partition coefficient (Wildman–Crippen LogP) is 4.03. The molecule has 6 nitrogen and oxygen atoms in total. The van der Waals surface area contributed by atoms with Crippen molar-refractivity contribution in [2.45, 2.75) is 38.9 Å². The van der Waals surface area contributed by atoms with Gasteiger partial charge in [-0.1, -0.05) is 0 Å². The molecule has 1 heterocycles. The van der Waals surface area contributed by atoms with Crippen LogP contribution in [0.1, 0.15) is 47.4 Å². The first-order valence-electron chi connectivity index (χ1n) is 9.39. The molecule has 1 atom stereocenters. The van der Waals surface area contributed by atoms with Gasteiger partial charge in [0.05, 0.1) is 23.3 Å². The van der Waals surface area contributed by atoms with Gasteiger partial charge in [-0.2, -0.15) is 0 Å². The summed E-state index contributed by atoms with van der Waals surface area (Å²) < 4.78 is 21.6. The summed E-state index contributed by atoms with van der Waals surface area (Å²) in [6.07, 6.45) is 1.96. The van der Waals surface area contributed by atoms with Crippen LogP contribution in [0.3, 0.4) is 0 Å². The van der Waals surface area contributed by atoms with Crippen LogP contribution in [-0.2, 0) is 9.47 Å². The van der Waals surface area contributed by atoms with Crippen molar-refractivity contribution in [2.24, 2.45) is 0 Å². The van der Waals surface area contributed by atoms with Crippen molar-refractivity contribution in [3.8, 4) is 11.5 Å². The van der Waals surface area contributed by atoms with E-state index in [9.17, 15) is 9.59 Å². The Kier molecular flexibility index (Phi) is 6.66. The van der Waals surface area contributed by atoms with Gasteiger partial charge in [-0.25, -0.2) is 9.59 Å². The Morgan fingerprint density at radius 2 is 1.57 bits per heavy atom. The molecule has 0 amide bonds. The Morgan fingerprint density at radius 1 is 0.964 bits per heavy atom. The molecule has 0 saturated carbocycles. The van der Waals surface area contributed by atoms with E-state index in [2.05, 4.69) is 0 Å². The van der Waals surface area contributed by atoms with Crippen LogP contribution in [0.5, 0.6) is 11.5 Å². The standard InChI is InChI=1S/C22H24O6/c1-15(2)27-18-9-7-17(8-10-18)22(24)28-19-11-5-16(6-12-19)21(23)26-14-20-4-3-13-25-20/h5-12,15,20H,3-4,13-14H2,1-2H3. The summed E-state index contributed by atoms with van der Waals surface area (Å²) in [5, 5.41) is 0. The van der Waals surface area contributed by atoms with Crippen molar-refractivity contribution >= 4 is 11.9 Å². The molecule has 0 spiro atoms. The Labute approximate surface area is 164 Å². The van der Waals surface area contributed by atoms with Crippen LogP contribution in [0.2, 0.25) is 0 Å². The molecule has 1 aliphatic heterocycles.